The quantitative estimate of drug-likeness (QED) is 0.851. The summed E-state index contributed by atoms with van der Waals surface area (Å²) in [6.07, 6.45) is 3.16. The Balaban J connectivity index is 1.80. The van der Waals surface area contributed by atoms with Gasteiger partial charge in [-0.25, -0.2) is 0 Å². The van der Waals surface area contributed by atoms with Crippen molar-refractivity contribution in [3.63, 3.8) is 0 Å². The lowest BCUT2D eigenvalue weighted by Gasteiger charge is -2.04. The van der Waals surface area contributed by atoms with E-state index >= 15 is 0 Å². The van der Waals surface area contributed by atoms with Gasteiger partial charge in [0.15, 0.2) is 5.76 Å². The van der Waals surface area contributed by atoms with Crippen molar-refractivity contribution < 1.29 is 9.26 Å². The fourth-order valence-corrected chi connectivity index (χ4v) is 1.79. The monoisotopic (exact) mass is 295 g/mol. The summed E-state index contributed by atoms with van der Waals surface area (Å²) in [7, 11) is 0. The molecule has 0 radical (unpaired) electrons. The highest BCUT2D eigenvalue weighted by atomic mass is 35.5. The number of hydrogen-bond donors (Lipinski definition) is 1. The van der Waals surface area contributed by atoms with E-state index in [1.54, 1.807) is 18.5 Å². The number of hydrogen-bond acceptors (Lipinski definition) is 5. The first-order chi connectivity index (χ1) is 9.63. The molecule has 2 aromatic rings. The molecular weight excluding hydrogens is 278 g/mol. The lowest BCUT2D eigenvalue weighted by Crippen LogP contribution is -2.19. The van der Waals surface area contributed by atoms with E-state index in [2.05, 4.69) is 29.3 Å². The van der Waals surface area contributed by atoms with Gasteiger partial charge in [0.05, 0.1) is 16.9 Å². The Kier molecular flexibility index (Phi) is 5.38. The number of pyridine rings is 1. The van der Waals surface area contributed by atoms with Crippen molar-refractivity contribution in [2.75, 3.05) is 6.54 Å². The van der Waals surface area contributed by atoms with Crippen LogP contribution in [0.5, 0.6) is 5.75 Å². The molecule has 2 rings (SSSR count). The van der Waals surface area contributed by atoms with Crippen molar-refractivity contribution in [1.29, 1.82) is 0 Å². The lowest BCUT2D eigenvalue weighted by molar-refractivity contribution is 0.247. The second-order valence-corrected chi connectivity index (χ2v) is 5.37. The molecule has 0 aliphatic carbocycles. The van der Waals surface area contributed by atoms with E-state index in [-0.39, 0.29) is 0 Å². The maximum atomic E-state index is 5.83. The highest BCUT2D eigenvalue weighted by Crippen LogP contribution is 2.16. The van der Waals surface area contributed by atoms with Crippen molar-refractivity contribution in [2.24, 2.45) is 5.92 Å². The number of nitrogens with zero attached hydrogens (tertiary/aromatic N) is 2. The summed E-state index contributed by atoms with van der Waals surface area (Å²) in [4.78, 5) is 3.95. The second-order valence-electron chi connectivity index (χ2n) is 4.94. The molecule has 0 aliphatic rings. The Labute approximate surface area is 123 Å². The van der Waals surface area contributed by atoms with E-state index in [4.69, 9.17) is 20.9 Å². The molecule has 0 unspecified atom stereocenters. The fourth-order valence-electron chi connectivity index (χ4n) is 1.62. The van der Waals surface area contributed by atoms with E-state index in [1.807, 2.05) is 6.07 Å². The van der Waals surface area contributed by atoms with Gasteiger partial charge in [0.25, 0.3) is 0 Å². The highest BCUT2D eigenvalue weighted by molar-refractivity contribution is 6.30. The molecule has 1 N–H and O–H groups in total. The average molecular weight is 296 g/mol. The third kappa shape index (κ3) is 4.83. The van der Waals surface area contributed by atoms with Crippen LogP contribution >= 0.6 is 11.6 Å². The molecule has 0 atom stereocenters. The number of nitrogens with one attached hydrogen (secondary N) is 1. The molecule has 0 fully saturated rings. The van der Waals surface area contributed by atoms with Gasteiger partial charge < -0.3 is 14.6 Å². The van der Waals surface area contributed by atoms with Gasteiger partial charge in [-0.15, -0.1) is 0 Å². The zero-order valence-corrected chi connectivity index (χ0v) is 12.4. The van der Waals surface area contributed by atoms with Crippen LogP contribution in [0.4, 0.5) is 0 Å². The number of aromatic nitrogens is 2. The smallest absolute Gasteiger partial charge is 0.174 e. The fraction of sp³-hybridized carbons (Fsp3) is 0.429. The minimum Gasteiger partial charge on any atom is -0.484 e. The summed E-state index contributed by atoms with van der Waals surface area (Å²) in [5.41, 5.74) is 0.869. The lowest BCUT2D eigenvalue weighted by atomic mass is 10.2. The average Bonchev–Trinajstić information content (AvgIpc) is 2.84. The van der Waals surface area contributed by atoms with Gasteiger partial charge in [-0.05, 0) is 12.5 Å². The van der Waals surface area contributed by atoms with Crippen LogP contribution in [-0.4, -0.2) is 16.7 Å². The van der Waals surface area contributed by atoms with E-state index in [9.17, 15) is 0 Å². The second kappa shape index (κ2) is 7.26. The zero-order chi connectivity index (χ0) is 14.4. The molecule has 2 aromatic heterocycles. The van der Waals surface area contributed by atoms with Crippen molar-refractivity contribution in [2.45, 2.75) is 27.0 Å². The van der Waals surface area contributed by atoms with E-state index < -0.39 is 0 Å². The van der Waals surface area contributed by atoms with Crippen LogP contribution in [-0.2, 0) is 13.2 Å². The minimum absolute atomic E-state index is 0.305. The zero-order valence-electron chi connectivity index (χ0n) is 11.6. The SMILES string of the molecule is CC(C)CNCc1cc(COc2cncc(Cl)c2)on1. The highest BCUT2D eigenvalue weighted by Gasteiger charge is 2.05. The molecule has 0 aromatic carbocycles. The molecule has 5 nitrogen and oxygen atoms in total. The molecule has 0 bridgehead atoms. The molecule has 0 aliphatic heterocycles. The van der Waals surface area contributed by atoms with E-state index in [0.29, 0.717) is 35.6 Å². The topological polar surface area (TPSA) is 60.2 Å². The number of halogens is 1. The summed E-state index contributed by atoms with van der Waals surface area (Å²) in [5, 5.41) is 7.83. The molecule has 0 amide bonds. The van der Waals surface area contributed by atoms with Crippen LogP contribution < -0.4 is 10.1 Å². The number of ether oxygens (including phenoxy) is 1. The van der Waals surface area contributed by atoms with Crippen LogP contribution in [0.1, 0.15) is 25.3 Å². The first-order valence-corrected chi connectivity index (χ1v) is 6.90. The maximum Gasteiger partial charge on any atom is 0.174 e. The third-order valence-electron chi connectivity index (χ3n) is 2.53. The van der Waals surface area contributed by atoms with Gasteiger partial charge in [-0.3, -0.25) is 4.98 Å². The van der Waals surface area contributed by atoms with Crippen molar-refractivity contribution in [1.82, 2.24) is 15.5 Å². The Morgan fingerprint density at radius 2 is 2.20 bits per heavy atom. The maximum absolute atomic E-state index is 5.83. The van der Waals surface area contributed by atoms with Gasteiger partial charge in [0, 0.05) is 24.9 Å². The largest absolute Gasteiger partial charge is 0.484 e. The predicted octanol–water partition coefficient (Wildman–Crippen LogP) is 3.05. The standard InChI is InChI=1S/C14H18ClN3O2/c1-10(2)5-16-7-12-4-14(20-18-12)9-19-13-3-11(15)6-17-8-13/h3-4,6,8,10,16H,5,7,9H2,1-2H3. The molecule has 20 heavy (non-hydrogen) atoms. The summed E-state index contributed by atoms with van der Waals surface area (Å²) in [5.74, 6) is 1.89. The van der Waals surface area contributed by atoms with Gasteiger partial charge in [0.2, 0.25) is 0 Å². The van der Waals surface area contributed by atoms with Gasteiger partial charge in [0.1, 0.15) is 12.4 Å². The first kappa shape index (κ1) is 14.8. The molecule has 6 heteroatoms. The Hall–Kier alpha value is -1.59. The van der Waals surface area contributed by atoms with Gasteiger partial charge >= 0.3 is 0 Å². The Bertz CT molecular complexity index is 543. The molecule has 2 heterocycles. The first-order valence-electron chi connectivity index (χ1n) is 6.52. The van der Waals surface area contributed by atoms with Gasteiger partial charge in [-0.2, -0.15) is 0 Å². The van der Waals surface area contributed by atoms with Crippen LogP contribution in [0, 0.1) is 5.92 Å². The normalized spacial score (nSPS) is 11.0. The predicted molar refractivity (Wildman–Crippen MR) is 76.6 cm³/mol. The molecule has 0 spiro atoms. The third-order valence-corrected chi connectivity index (χ3v) is 2.73. The molecule has 0 saturated heterocycles. The van der Waals surface area contributed by atoms with Crippen LogP contribution in [0.2, 0.25) is 5.02 Å². The minimum atomic E-state index is 0.305. The van der Waals surface area contributed by atoms with Gasteiger partial charge in [-0.1, -0.05) is 30.6 Å². The van der Waals surface area contributed by atoms with Crippen LogP contribution in [0.15, 0.2) is 29.0 Å². The van der Waals surface area contributed by atoms with Crippen molar-refractivity contribution >= 4 is 11.6 Å². The van der Waals surface area contributed by atoms with Crippen molar-refractivity contribution in [3.05, 3.63) is 41.0 Å². The Morgan fingerprint density at radius 1 is 1.35 bits per heavy atom. The summed E-state index contributed by atoms with van der Waals surface area (Å²) < 4.78 is 10.7. The molecule has 0 saturated carbocycles. The van der Waals surface area contributed by atoms with E-state index in [1.165, 1.54) is 0 Å². The summed E-state index contributed by atoms with van der Waals surface area (Å²) in [6, 6.07) is 3.58. The molecule has 108 valence electrons. The van der Waals surface area contributed by atoms with E-state index in [0.717, 1.165) is 12.2 Å². The molecular formula is C14H18ClN3O2. The summed E-state index contributed by atoms with van der Waals surface area (Å²) in [6.45, 7) is 6.27. The summed E-state index contributed by atoms with van der Waals surface area (Å²) >= 11 is 5.83. The Morgan fingerprint density at radius 3 is 2.95 bits per heavy atom. The van der Waals surface area contributed by atoms with Crippen molar-refractivity contribution in [3.8, 4) is 5.75 Å². The van der Waals surface area contributed by atoms with Crippen LogP contribution in [0.25, 0.3) is 0 Å². The number of rotatable bonds is 7. The van der Waals surface area contributed by atoms with Crippen LogP contribution in [0.3, 0.4) is 0 Å².